The average Bonchev–Trinajstić information content (AvgIpc) is 2.35. The standard InChI is InChI=1S/C13H8Br2ClNO/c14-8-5-6-11(16)9(7-8)13(18)17-12-4-2-1-3-10(12)15/h1-7H,(H,17,18). The fraction of sp³-hybridized carbons (Fsp3) is 0. The Morgan fingerprint density at radius 2 is 1.83 bits per heavy atom. The summed E-state index contributed by atoms with van der Waals surface area (Å²) in [6, 6.07) is 12.6. The predicted octanol–water partition coefficient (Wildman–Crippen LogP) is 5.12. The van der Waals surface area contributed by atoms with Crippen molar-refractivity contribution in [1.29, 1.82) is 0 Å². The van der Waals surface area contributed by atoms with Gasteiger partial charge in [-0.3, -0.25) is 4.79 Å². The van der Waals surface area contributed by atoms with E-state index >= 15 is 0 Å². The van der Waals surface area contributed by atoms with Crippen LogP contribution in [0.2, 0.25) is 5.02 Å². The molecule has 0 aliphatic rings. The first kappa shape index (κ1) is 13.6. The maximum atomic E-state index is 12.1. The first-order valence-corrected chi connectivity index (χ1v) is 7.05. The molecule has 0 atom stereocenters. The SMILES string of the molecule is O=C(Nc1ccccc1Br)c1cc(Br)ccc1Cl. The van der Waals surface area contributed by atoms with Gasteiger partial charge in [-0.05, 0) is 46.3 Å². The van der Waals surface area contributed by atoms with Crippen molar-refractivity contribution in [2.24, 2.45) is 0 Å². The molecule has 0 bridgehead atoms. The van der Waals surface area contributed by atoms with Crippen LogP contribution in [0, 0.1) is 0 Å². The minimum Gasteiger partial charge on any atom is -0.321 e. The van der Waals surface area contributed by atoms with Gasteiger partial charge in [-0.15, -0.1) is 0 Å². The highest BCUT2D eigenvalue weighted by Gasteiger charge is 2.12. The van der Waals surface area contributed by atoms with Crippen molar-refractivity contribution in [3.8, 4) is 0 Å². The van der Waals surface area contributed by atoms with Gasteiger partial charge >= 0.3 is 0 Å². The maximum Gasteiger partial charge on any atom is 0.257 e. The molecule has 0 unspecified atom stereocenters. The highest BCUT2D eigenvalue weighted by atomic mass is 79.9. The van der Waals surface area contributed by atoms with E-state index in [0.717, 1.165) is 8.95 Å². The van der Waals surface area contributed by atoms with Crippen molar-refractivity contribution in [2.45, 2.75) is 0 Å². The Morgan fingerprint density at radius 3 is 2.56 bits per heavy atom. The summed E-state index contributed by atoms with van der Waals surface area (Å²) < 4.78 is 1.63. The number of hydrogen-bond acceptors (Lipinski definition) is 1. The Kier molecular flexibility index (Phi) is 4.43. The van der Waals surface area contributed by atoms with Gasteiger partial charge in [0.2, 0.25) is 0 Å². The Morgan fingerprint density at radius 1 is 1.11 bits per heavy atom. The third-order valence-electron chi connectivity index (χ3n) is 2.30. The van der Waals surface area contributed by atoms with Crippen LogP contribution in [0.25, 0.3) is 0 Å². The van der Waals surface area contributed by atoms with Crippen LogP contribution >= 0.6 is 43.5 Å². The average molecular weight is 389 g/mol. The maximum absolute atomic E-state index is 12.1. The van der Waals surface area contributed by atoms with Crippen molar-refractivity contribution in [1.82, 2.24) is 0 Å². The number of anilines is 1. The van der Waals surface area contributed by atoms with Gasteiger partial charge < -0.3 is 5.32 Å². The lowest BCUT2D eigenvalue weighted by Crippen LogP contribution is -2.12. The molecule has 0 saturated carbocycles. The fourth-order valence-corrected chi connectivity index (χ4v) is 2.37. The number of rotatable bonds is 2. The van der Waals surface area contributed by atoms with Crippen LogP contribution in [-0.2, 0) is 0 Å². The van der Waals surface area contributed by atoms with E-state index in [-0.39, 0.29) is 5.91 Å². The van der Waals surface area contributed by atoms with Gasteiger partial charge in [0.15, 0.2) is 0 Å². The fourth-order valence-electron chi connectivity index (χ4n) is 1.42. The number of nitrogens with one attached hydrogen (secondary N) is 1. The molecule has 0 heterocycles. The molecule has 2 rings (SSSR count). The molecule has 0 radical (unpaired) electrons. The lowest BCUT2D eigenvalue weighted by atomic mass is 10.2. The molecule has 0 spiro atoms. The lowest BCUT2D eigenvalue weighted by molar-refractivity contribution is 0.102. The summed E-state index contributed by atoms with van der Waals surface area (Å²) in [7, 11) is 0. The number of carbonyl (C=O) groups is 1. The van der Waals surface area contributed by atoms with Crippen molar-refractivity contribution in [2.75, 3.05) is 5.32 Å². The third-order valence-corrected chi connectivity index (χ3v) is 3.81. The van der Waals surface area contributed by atoms with E-state index in [0.29, 0.717) is 16.3 Å². The molecule has 2 nitrogen and oxygen atoms in total. The zero-order valence-electron chi connectivity index (χ0n) is 9.08. The number of amides is 1. The van der Waals surface area contributed by atoms with E-state index in [1.807, 2.05) is 24.3 Å². The van der Waals surface area contributed by atoms with Crippen molar-refractivity contribution >= 4 is 55.1 Å². The Hall–Kier alpha value is -0.840. The highest BCUT2D eigenvalue weighted by Crippen LogP contribution is 2.25. The van der Waals surface area contributed by atoms with E-state index < -0.39 is 0 Å². The van der Waals surface area contributed by atoms with Gasteiger partial charge in [-0.25, -0.2) is 0 Å². The number of halogens is 3. The number of para-hydroxylation sites is 1. The largest absolute Gasteiger partial charge is 0.321 e. The van der Waals surface area contributed by atoms with E-state index in [9.17, 15) is 4.79 Å². The van der Waals surface area contributed by atoms with Crippen molar-refractivity contribution in [3.05, 3.63) is 62.0 Å². The number of hydrogen-bond donors (Lipinski definition) is 1. The van der Waals surface area contributed by atoms with Gasteiger partial charge in [0.1, 0.15) is 0 Å². The second kappa shape index (κ2) is 5.87. The van der Waals surface area contributed by atoms with Crippen LogP contribution < -0.4 is 5.32 Å². The molecule has 92 valence electrons. The molecule has 0 saturated heterocycles. The molecule has 5 heteroatoms. The molecule has 1 N–H and O–H groups in total. The third kappa shape index (κ3) is 3.13. The monoisotopic (exact) mass is 387 g/mol. The van der Waals surface area contributed by atoms with Crippen molar-refractivity contribution < 1.29 is 4.79 Å². The van der Waals surface area contributed by atoms with Crippen LogP contribution in [-0.4, -0.2) is 5.91 Å². The molecule has 0 aliphatic heterocycles. The summed E-state index contributed by atoms with van der Waals surface area (Å²) >= 11 is 12.7. The molecule has 1 amide bonds. The number of benzene rings is 2. The normalized spacial score (nSPS) is 10.2. The van der Waals surface area contributed by atoms with Gasteiger partial charge in [0.25, 0.3) is 5.91 Å². The first-order valence-electron chi connectivity index (χ1n) is 5.09. The second-order valence-corrected chi connectivity index (χ2v) is 5.74. The minimum absolute atomic E-state index is 0.242. The Labute approximate surface area is 127 Å². The van der Waals surface area contributed by atoms with E-state index in [1.54, 1.807) is 18.2 Å². The lowest BCUT2D eigenvalue weighted by Gasteiger charge is -2.08. The minimum atomic E-state index is -0.242. The summed E-state index contributed by atoms with van der Waals surface area (Å²) in [5.41, 5.74) is 1.14. The predicted molar refractivity (Wildman–Crippen MR) is 81.2 cm³/mol. The van der Waals surface area contributed by atoms with Gasteiger partial charge in [-0.1, -0.05) is 39.7 Å². The summed E-state index contributed by atoms with van der Waals surface area (Å²) in [4.78, 5) is 12.1. The van der Waals surface area contributed by atoms with Crippen LogP contribution in [0.3, 0.4) is 0 Å². The van der Waals surface area contributed by atoms with E-state index in [2.05, 4.69) is 37.2 Å². The second-order valence-electron chi connectivity index (χ2n) is 3.56. The zero-order chi connectivity index (χ0) is 13.1. The van der Waals surface area contributed by atoms with Crippen LogP contribution in [0.4, 0.5) is 5.69 Å². The molecule has 2 aromatic carbocycles. The van der Waals surface area contributed by atoms with E-state index in [4.69, 9.17) is 11.6 Å². The van der Waals surface area contributed by atoms with E-state index in [1.165, 1.54) is 0 Å². The zero-order valence-corrected chi connectivity index (χ0v) is 13.0. The molecule has 0 aromatic heterocycles. The number of carbonyl (C=O) groups excluding carboxylic acids is 1. The van der Waals surface area contributed by atoms with Crippen molar-refractivity contribution in [3.63, 3.8) is 0 Å². The molecular weight excluding hydrogens is 381 g/mol. The molecule has 0 fully saturated rings. The first-order chi connectivity index (χ1) is 8.58. The Balaban J connectivity index is 2.28. The molecule has 2 aromatic rings. The molecule has 0 aliphatic carbocycles. The van der Waals surface area contributed by atoms with Crippen LogP contribution in [0.15, 0.2) is 51.4 Å². The molecular formula is C13H8Br2ClNO. The summed E-state index contributed by atoms with van der Waals surface area (Å²) in [6.07, 6.45) is 0. The highest BCUT2D eigenvalue weighted by molar-refractivity contribution is 9.10. The van der Waals surface area contributed by atoms with Crippen LogP contribution in [0.1, 0.15) is 10.4 Å². The molecule has 18 heavy (non-hydrogen) atoms. The van der Waals surface area contributed by atoms with Crippen LogP contribution in [0.5, 0.6) is 0 Å². The van der Waals surface area contributed by atoms with Gasteiger partial charge in [0.05, 0.1) is 16.3 Å². The quantitative estimate of drug-likeness (QED) is 0.759. The smallest absolute Gasteiger partial charge is 0.257 e. The Bertz CT molecular complexity index is 601. The summed E-state index contributed by atoms with van der Waals surface area (Å²) in [5, 5.41) is 3.22. The summed E-state index contributed by atoms with van der Waals surface area (Å²) in [5.74, 6) is -0.242. The van der Waals surface area contributed by atoms with Gasteiger partial charge in [0, 0.05) is 8.95 Å². The summed E-state index contributed by atoms with van der Waals surface area (Å²) in [6.45, 7) is 0. The van der Waals surface area contributed by atoms with Gasteiger partial charge in [-0.2, -0.15) is 0 Å². The topological polar surface area (TPSA) is 29.1 Å².